The lowest BCUT2D eigenvalue weighted by Gasteiger charge is -2.30. The zero-order chi connectivity index (χ0) is 32.2. The highest BCUT2D eigenvalue weighted by atomic mass is 16.5. The molecule has 234 valence electrons. The summed E-state index contributed by atoms with van der Waals surface area (Å²) in [5.41, 5.74) is 17.6. The van der Waals surface area contributed by atoms with Crippen molar-refractivity contribution in [3.8, 4) is 5.75 Å². The average Bonchev–Trinajstić information content (AvgIpc) is 3.48. The topological polar surface area (TPSA) is 141 Å². The molecule has 5 rings (SSSR count). The van der Waals surface area contributed by atoms with Gasteiger partial charge in [-0.05, 0) is 40.9 Å². The SMILES string of the molecule is C=CC[C@]1(C(=O)NNCC(c2ccccc2)c2ccccc2)N=C(c2ccc(OCCCO)cc2)O[C@H]1c1ccccc1N=[N+]=[N-]. The predicted octanol–water partition coefficient (Wildman–Crippen LogP) is 6.68. The minimum atomic E-state index is -1.48. The molecule has 0 radical (unpaired) electrons. The first-order chi connectivity index (χ1) is 22.6. The number of rotatable bonds is 15. The predicted molar refractivity (Wildman–Crippen MR) is 178 cm³/mol. The minimum Gasteiger partial charge on any atom is -0.494 e. The van der Waals surface area contributed by atoms with Gasteiger partial charge in [0.1, 0.15) is 5.75 Å². The van der Waals surface area contributed by atoms with Crippen molar-refractivity contribution in [2.75, 3.05) is 19.8 Å². The van der Waals surface area contributed by atoms with Gasteiger partial charge in [0, 0.05) is 53.6 Å². The highest BCUT2D eigenvalue weighted by Crippen LogP contribution is 2.45. The fraction of sp³-hybridized carbons (Fsp3) is 0.222. The van der Waals surface area contributed by atoms with E-state index in [1.807, 2.05) is 36.4 Å². The Bertz CT molecular complexity index is 1650. The molecular weight excluding hydrogens is 580 g/mol. The average molecular weight is 617 g/mol. The van der Waals surface area contributed by atoms with E-state index in [1.54, 1.807) is 54.6 Å². The summed E-state index contributed by atoms with van der Waals surface area (Å²) >= 11 is 0. The van der Waals surface area contributed by atoms with Gasteiger partial charge in [-0.25, -0.2) is 10.4 Å². The van der Waals surface area contributed by atoms with Gasteiger partial charge in [0.25, 0.3) is 5.91 Å². The summed E-state index contributed by atoms with van der Waals surface area (Å²) in [6, 6.07) is 34.3. The van der Waals surface area contributed by atoms with Crippen molar-refractivity contribution in [2.45, 2.75) is 30.4 Å². The summed E-state index contributed by atoms with van der Waals surface area (Å²) in [7, 11) is 0. The van der Waals surface area contributed by atoms with Gasteiger partial charge in [-0.15, -0.1) is 6.58 Å². The Labute approximate surface area is 268 Å². The molecule has 0 spiro atoms. The third-order valence-electron chi connectivity index (χ3n) is 7.77. The monoisotopic (exact) mass is 616 g/mol. The van der Waals surface area contributed by atoms with Crippen LogP contribution < -0.4 is 15.6 Å². The van der Waals surface area contributed by atoms with Crippen molar-refractivity contribution in [3.05, 3.63) is 155 Å². The van der Waals surface area contributed by atoms with Gasteiger partial charge < -0.3 is 14.6 Å². The molecule has 3 N–H and O–H groups in total. The number of aliphatic imine (C=N–C) groups is 1. The van der Waals surface area contributed by atoms with E-state index in [2.05, 4.69) is 51.7 Å². The van der Waals surface area contributed by atoms with Crippen LogP contribution in [0.1, 0.15) is 47.1 Å². The molecule has 2 atom stereocenters. The summed E-state index contributed by atoms with van der Waals surface area (Å²) in [5, 5.41) is 12.9. The van der Waals surface area contributed by atoms with E-state index in [4.69, 9.17) is 19.6 Å². The molecule has 1 aliphatic rings. The molecule has 0 saturated carbocycles. The summed E-state index contributed by atoms with van der Waals surface area (Å²) in [6.07, 6.45) is 1.37. The number of aliphatic hydroxyl groups excluding tert-OH is 1. The maximum Gasteiger partial charge on any atom is 0.266 e. The minimum absolute atomic E-state index is 0.0310. The number of aliphatic hydroxyl groups is 1. The second-order valence-corrected chi connectivity index (χ2v) is 10.7. The van der Waals surface area contributed by atoms with Crippen LogP contribution in [0.15, 0.2) is 132 Å². The van der Waals surface area contributed by atoms with Crippen LogP contribution in [-0.2, 0) is 9.53 Å². The van der Waals surface area contributed by atoms with E-state index in [1.165, 1.54) is 0 Å². The molecular formula is C36H36N6O4. The van der Waals surface area contributed by atoms with Crippen molar-refractivity contribution in [2.24, 2.45) is 10.1 Å². The van der Waals surface area contributed by atoms with E-state index in [0.717, 1.165) is 11.1 Å². The molecule has 0 bridgehead atoms. The van der Waals surface area contributed by atoms with Crippen LogP contribution in [0.25, 0.3) is 10.4 Å². The lowest BCUT2D eigenvalue weighted by molar-refractivity contribution is -0.129. The van der Waals surface area contributed by atoms with Gasteiger partial charge in [0.15, 0.2) is 11.6 Å². The standard InChI is InChI=1S/C36H36N6O4/c1-2-22-36(35(44)41-38-25-31(26-12-5-3-6-13-26)27-14-7-4-8-15-27)33(30-16-9-10-17-32(30)40-42-37)46-34(39-36)28-18-20-29(21-19-28)45-24-11-23-43/h2-10,12-21,31,33,38,43H,1,11,22-25H2,(H,41,44)/t33-,36-/m0/s1. The van der Waals surface area contributed by atoms with Crippen LogP contribution in [0.5, 0.6) is 5.75 Å². The van der Waals surface area contributed by atoms with Gasteiger partial charge >= 0.3 is 0 Å². The summed E-state index contributed by atoms with van der Waals surface area (Å²) < 4.78 is 12.1. The first-order valence-corrected chi connectivity index (χ1v) is 15.1. The zero-order valence-electron chi connectivity index (χ0n) is 25.3. The van der Waals surface area contributed by atoms with Gasteiger partial charge in [-0.2, -0.15) is 0 Å². The molecule has 0 aliphatic carbocycles. The van der Waals surface area contributed by atoms with E-state index in [9.17, 15) is 10.3 Å². The Hall–Kier alpha value is -5.41. The summed E-state index contributed by atoms with van der Waals surface area (Å²) in [4.78, 5) is 22.2. The number of nitrogens with one attached hydrogen (secondary N) is 2. The van der Waals surface area contributed by atoms with E-state index in [0.29, 0.717) is 42.1 Å². The van der Waals surface area contributed by atoms with Crippen LogP contribution in [0.2, 0.25) is 0 Å². The summed E-state index contributed by atoms with van der Waals surface area (Å²) in [6.45, 7) is 4.78. The molecule has 0 saturated heterocycles. The van der Waals surface area contributed by atoms with Crippen LogP contribution in [0.4, 0.5) is 5.69 Å². The molecule has 0 fully saturated rings. The van der Waals surface area contributed by atoms with E-state index >= 15 is 0 Å². The molecule has 4 aromatic rings. The lowest BCUT2D eigenvalue weighted by atomic mass is 9.84. The second-order valence-electron chi connectivity index (χ2n) is 10.7. The van der Waals surface area contributed by atoms with Crippen LogP contribution >= 0.6 is 0 Å². The first kappa shape index (κ1) is 32.0. The van der Waals surface area contributed by atoms with Crippen molar-refractivity contribution >= 4 is 17.5 Å². The van der Waals surface area contributed by atoms with Gasteiger partial charge in [-0.1, -0.05) is 96.1 Å². The number of hydrogen-bond acceptors (Lipinski definition) is 7. The van der Waals surface area contributed by atoms with E-state index in [-0.39, 0.29) is 24.8 Å². The second kappa shape index (κ2) is 15.5. The molecule has 0 aromatic heterocycles. The molecule has 1 amide bonds. The molecule has 4 aromatic carbocycles. The Kier molecular flexibility index (Phi) is 10.8. The van der Waals surface area contributed by atoms with Crippen molar-refractivity contribution < 1.29 is 19.4 Å². The Balaban J connectivity index is 1.46. The smallest absolute Gasteiger partial charge is 0.266 e. The number of ether oxygens (including phenoxy) is 2. The third-order valence-corrected chi connectivity index (χ3v) is 7.77. The molecule has 1 aliphatic heterocycles. The highest BCUT2D eigenvalue weighted by Gasteiger charge is 2.53. The van der Waals surface area contributed by atoms with Crippen LogP contribution in [0, 0.1) is 0 Å². The molecule has 0 unspecified atom stereocenters. The number of azide groups is 1. The molecule has 1 heterocycles. The number of carbonyl (C=O) groups excluding carboxylic acids is 1. The number of carbonyl (C=O) groups is 1. The Morgan fingerprint density at radius 1 is 1.02 bits per heavy atom. The van der Waals surface area contributed by atoms with Gasteiger partial charge in [0.2, 0.25) is 5.90 Å². The molecule has 10 heteroatoms. The van der Waals surface area contributed by atoms with Crippen molar-refractivity contribution in [1.82, 2.24) is 10.9 Å². The zero-order valence-corrected chi connectivity index (χ0v) is 25.3. The lowest BCUT2D eigenvalue weighted by Crippen LogP contribution is -2.53. The third kappa shape index (κ3) is 7.27. The van der Waals surface area contributed by atoms with Gasteiger partial charge in [-0.3, -0.25) is 10.2 Å². The highest BCUT2D eigenvalue weighted by molar-refractivity contribution is 6.01. The number of amides is 1. The molecule has 10 nitrogen and oxygen atoms in total. The number of nitrogens with zero attached hydrogens (tertiary/aromatic N) is 4. The number of hydrazine groups is 1. The Morgan fingerprint density at radius 2 is 1.67 bits per heavy atom. The fourth-order valence-corrected chi connectivity index (χ4v) is 5.50. The van der Waals surface area contributed by atoms with Crippen LogP contribution in [0.3, 0.4) is 0 Å². The van der Waals surface area contributed by atoms with Crippen molar-refractivity contribution in [1.29, 1.82) is 0 Å². The van der Waals surface area contributed by atoms with Gasteiger partial charge in [0.05, 0.1) is 6.61 Å². The number of benzene rings is 4. The maximum absolute atomic E-state index is 14.3. The van der Waals surface area contributed by atoms with Crippen molar-refractivity contribution in [3.63, 3.8) is 0 Å². The first-order valence-electron chi connectivity index (χ1n) is 15.1. The molecule has 46 heavy (non-hydrogen) atoms. The maximum atomic E-state index is 14.3. The number of hydrogen-bond donors (Lipinski definition) is 3. The van der Waals surface area contributed by atoms with E-state index < -0.39 is 17.6 Å². The normalized spacial score (nSPS) is 17.0. The Morgan fingerprint density at radius 3 is 2.30 bits per heavy atom. The fourth-order valence-electron chi connectivity index (χ4n) is 5.50. The quantitative estimate of drug-likeness (QED) is 0.0341. The summed E-state index contributed by atoms with van der Waals surface area (Å²) in [5.74, 6) is 0.432. The van der Waals surface area contributed by atoms with Crippen LogP contribution in [-0.4, -0.2) is 42.2 Å². The largest absolute Gasteiger partial charge is 0.494 e.